The van der Waals surface area contributed by atoms with E-state index in [1.165, 1.54) is 11.3 Å². The molecule has 21 heavy (non-hydrogen) atoms. The van der Waals surface area contributed by atoms with Gasteiger partial charge < -0.3 is 15.5 Å². The summed E-state index contributed by atoms with van der Waals surface area (Å²) in [6.45, 7) is 2.51. The lowest BCUT2D eigenvalue weighted by Gasteiger charge is -2.18. The Morgan fingerprint density at radius 1 is 1.52 bits per heavy atom. The van der Waals surface area contributed by atoms with Crippen molar-refractivity contribution in [2.24, 2.45) is 11.7 Å². The van der Waals surface area contributed by atoms with E-state index in [1.807, 2.05) is 19.1 Å². The molecular formula is C15H19N3O2S. The minimum Gasteiger partial charge on any atom is -0.459 e. The van der Waals surface area contributed by atoms with Crippen molar-refractivity contribution in [1.82, 2.24) is 10.3 Å². The number of amides is 1. The van der Waals surface area contributed by atoms with Crippen molar-refractivity contribution in [2.75, 3.05) is 6.54 Å². The van der Waals surface area contributed by atoms with E-state index in [4.69, 9.17) is 10.2 Å². The van der Waals surface area contributed by atoms with Crippen LogP contribution in [0.4, 0.5) is 0 Å². The molecule has 1 aliphatic carbocycles. The fourth-order valence-electron chi connectivity index (χ4n) is 2.79. The van der Waals surface area contributed by atoms with Crippen molar-refractivity contribution in [3.05, 3.63) is 29.0 Å². The number of furan rings is 1. The average Bonchev–Trinajstić information content (AvgIpc) is 3.17. The van der Waals surface area contributed by atoms with Crippen LogP contribution in [-0.4, -0.2) is 23.5 Å². The van der Waals surface area contributed by atoms with Crippen LogP contribution in [0, 0.1) is 12.8 Å². The van der Waals surface area contributed by atoms with Crippen molar-refractivity contribution >= 4 is 17.2 Å². The molecule has 0 spiro atoms. The van der Waals surface area contributed by atoms with Crippen LogP contribution in [0.1, 0.15) is 35.5 Å². The van der Waals surface area contributed by atoms with Gasteiger partial charge in [0.2, 0.25) is 0 Å². The van der Waals surface area contributed by atoms with Gasteiger partial charge in [0.1, 0.15) is 11.5 Å². The molecule has 0 bridgehead atoms. The SMILES string of the molecule is Cc1ccc(-c2nc(C(=O)NC3CCCC3CN)cs2)o1. The predicted molar refractivity (Wildman–Crippen MR) is 82.2 cm³/mol. The monoisotopic (exact) mass is 305 g/mol. The van der Waals surface area contributed by atoms with Crippen LogP contribution >= 0.6 is 11.3 Å². The molecule has 112 valence electrons. The van der Waals surface area contributed by atoms with Gasteiger partial charge in [0.15, 0.2) is 10.8 Å². The minimum atomic E-state index is -0.119. The fraction of sp³-hybridized carbons (Fsp3) is 0.467. The van der Waals surface area contributed by atoms with Crippen LogP contribution < -0.4 is 11.1 Å². The number of nitrogens with zero attached hydrogens (tertiary/aromatic N) is 1. The molecule has 2 atom stereocenters. The van der Waals surface area contributed by atoms with Gasteiger partial charge in [0, 0.05) is 11.4 Å². The van der Waals surface area contributed by atoms with E-state index in [0.29, 0.717) is 23.9 Å². The van der Waals surface area contributed by atoms with E-state index < -0.39 is 0 Å². The Labute approximate surface area is 127 Å². The number of aryl methyl sites for hydroxylation is 1. The summed E-state index contributed by atoms with van der Waals surface area (Å²) in [5.41, 5.74) is 6.19. The molecule has 1 saturated carbocycles. The van der Waals surface area contributed by atoms with Gasteiger partial charge in [-0.3, -0.25) is 4.79 Å². The Kier molecular flexibility index (Phi) is 4.07. The normalized spacial score (nSPS) is 21.6. The number of hydrogen-bond donors (Lipinski definition) is 2. The maximum absolute atomic E-state index is 12.3. The van der Waals surface area contributed by atoms with Gasteiger partial charge in [-0.25, -0.2) is 4.98 Å². The largest absolute Gasteiger partial charge is 0.459 e. The van der Waals surface area contributed by atoms with Crippen LogP contribution in [0.15, 0.2) is 21.9 Å². The van der Waals surface area contributed by atoms with Crippen molar-refractivity contribution in [3.63, 3.8) is 0 Å². The molecule has 2 aromatic rings. The first kappa shape index (κ1) is 14.3. The van der Waals surface area contributed by atoms with Crippen molar-refractivity contribution in [1.29, 1.82) is 0 Å². The van der Waals surface area contributed by atoms with E-state index in [9.17, 15) is 4.79 Å². The zero-order chi connectivity index (χ0) is 14.8. The average molecular weight is 305 g/mol. The Balaban J connectivity index is 1.69. The zero-order valence-electron chi connectivity index (χ0n) is 12.0. The van der Waals surface area contributed by atoms with Gasteiger partial charge in [0.25, 0.3) is 5.91 Å². The second kappa shape index (κ2) is 5.99. The summed E-state index contributed by atoms with van der Waals surface area (Å²) in [5.74, 6) is 1.81. The molecule has 3 N–H and O–H groups in total. The first-order valence-corrected chi connectivity index (χ1v) is 8.08. The third-order valence-corrected chi connectivity index (χ3v) is 4.82. The number of hydrogen-bond acceptors (Lipinski definition) is 5. The van der Waals surface area contributed by atoms with E-state index in [-0.39, 0.29) is 11.9 Å². The van der Waals surface area contributed by atoms with E-state index in [0.717, 1.165) is 30.0 Å². The topological polar surface area (TPSA) is 81.2 Å². The van der Waals surface area contributed by atoms with Gasteiger partial charge in [-0.2, -0.15) is 0 Å². The van der Waals surface area contributed by atoms with Crippen molar-refractivity contribution in [3.8, 4) is 10.8 Å². The summed E-state index contributed by atoms with van der Waals surface area (Å²) in [6.07, 6.45) is 3.22. The van der Waals surface area contributed by atoms with Crippen molar-refractivity contribution in [2.45, 2.75) is 32.2 Å². The van der Waals surface area contributed by atoms with Gasteiger partial charge in [-0.05, 0) is 44.4 Å². The molecule has 2 unspecified atom stereocenters. The zero-order valence-corrected chi connectivity index (χ0v) is 12.8. The lowest BCUT2D eigenvalue weighted by atomic mass is 10.0. The number of thiazole rings is 1. The standard InChI is InChI=1S/C15H19N3O2S/c1-9-5-6-13(20-9)15-18-12(8-21-15)14(19)17-11-4-2-3-10(11)7-16/h5-6,8,10-11H,2-4,7,16H2,1H3,(H,17,19). The Hall–Kier alpha value is -1.66. The lowest BCUT2D eigenvalue weighted by Crippen LogP contribution is -2.40. The number of rotatable bonds is 4. The maximum atomic E-state index is 12.3. The van der Waals surface area contributed by atoms with E-state index >= 15 is 0 Å². The molecule has 0 aromatic carbocycles. The molecule has 1 fully saturated rings. The van der Waals surface area contributed by atoms with Gasteiger partial charge >= 0.3 is 0 Å². The highest BCUT2D eigenvalue weighted by atomic mass is 32.1. The van der Waals surface area contributed by atoms with Crippen LogP contribution in [0.3, 0.4) is 0 Å². The van der Waals surface area contributed by atoms with Gasteiger partial charge in [0.05, 0.1) is 0 Å². The third-order valence-electron chi connectivity index (χ3n) is 3.97. The van der Waals surface area contributed by atoms with Crippen LogP contribution in [0.2, 0.25) is 0 Å². The lowest BCUT2D eigenvalue weighted by molar-refractivity contribution is 0.0924. The molecule has 0 aliphatic heterocycles. The molecule has 0 saturated heterocycles. The highest BCUT2D eigenvalue weighted by Gasteiger charge is 2.28. The van der Waals surface area contributed by atoms with E-state index in [2.05, 4.69) is 10.3 Å². The molecule has 3 rings (SSSR count). The molecule has 1 amide bonds. The Morgan fingerprint density at radius 3 is 3.10 bits per heavy atom. The molecule has 1 aliphatic rings. The smallest absolute Gasteiger partial charge is 0.271 e. The first-order valence-electron chi connectivity index (χ1n) is 7.20. The van der Waals surface area contributed by atoms with Gasteiger partial charge in [-0.1, -0.05) is 6.42 Å². The maximum Gasteiger partial charge on any atom is 0.271 e. The molecule has 5 nitrogen and oxygen atoms in total. The highest BCUT2D eigenvalue weighted by Crippen LogP contribution is 2.27. The number of carbonyl (C=O) groups excluding carboxylic acids is 1. The molecule has 2 heterocycles. The summed E-state index contributed by atoms with van der Waals surface area (Å²) in [4.78, 5) is 16.6. The predicted octanol–water partition coefficient (Wildman–Crippen LogP) is 2.57. The highest BCUT2D eigenvalue weighted by molar-refractivity contribution is 7.13. The number of nitrogens with one attached hydrogen (secondary N) is 1. The Morgan fingerprint density at radius 2 is 2.38 bits per heavy atom. The fourth-order valence-corrected chi connectivity index (χ4v) is 3.55. The number of carbonyl (C=O) groups is 1. The number of aromatic nitrogens is 1. The molecule has 0 radical (unpaired) electrons. The van der Waals surface area contributed by atoms with Crippen molar-refractivity contribution < 1.29 is 9.21 Å². The molecule has 6 heteroatoms. The molecular weight excluding hydrogens is 286 g/mol. The summed E-state index contributed by atoms with van der Waals surface area (Å²) in [6, 6.07) is 3.94. The summed E-state index contributed by atoms with van der Waals surface area (Å²) >= 11 is 1.42. The summed E-state index contributed by atoms with van der Waals surface area (Å²) < 4.78 is 5.53. The van der Waals surface area contributed by atoms with Gasteiger partial charge in [-0.15, -0.1) is 11.3 Å². The molecule has 2 aromatic heterocycles. The second-order valence-corrected chi connectivity index (χ2v) is 6.31. The third kappa shape index (κ3) is 3.01. The van der Waals surface area contributed by atoms with Crippen LogP contribution in [0.5, 0.6) is 0 Å². The van der Waals surface area contributed by atoms with Crippen LogP contribution in [-0.2, 0) is 0 Å². The Bertz CT molecular complexity index is 634. The second-order valence-electron chi connectivity index (χ2n) is 5.45. The summed E-state index contributed by atoms with van der Waals surface area (Å²) in [7, 11) is 0. The van der Waals surface area contributed by atoms with Crippen LogP contribution in [0.25, 0.3) is 10.8 Å². The van der Waals surface area contributed by atoms with E-state index in [1.54, 1.807) is 5.38 Å². The summed E-state index contributed by atoms with van der Waals surface area (Å²) in [5, 5.41) is 5.57. The number of nitrogens with two attached hydrogens (primary N) is 1. The quantitative estimate of drug-likeness (QED) is 0.909. The first-order chi connectivity index (χ1) is 10.2. The minimum absolute atomic E-state index is 0.119.